The van der Waals surface area contributed by atoms with Crippen LogP contribution in [0.2, 0.25) is 0 Å². The summed E-state index contributed by atoms with van der Waals surface area (Å²) in [6, 6.07) is 1.94. The molecule has 0 N–H and O–H groups in total. The van der Waals surface area contributed by atoms with Gasteiger partial charge in [-0.1, -0.05) is 0 Å². The Morgan fingerprint density at radius 2 is 2.07 bits per heavy atom. The molecule has 2 nitrogen and oxygen atoms in total. The Hall–Kier alpha value is -1.64. The van der Waals surface area contributed by atoms with E-state index in [-0.39, 0.29) is 0 Å². The normalized spacial score (nSPS) is 10.3. The first kappa shape index (κ1) is 10.4. The molecule has 0 bridgehead atoms. The maximum atomic E-state index is 12.9. The van der Waals surface area contributed by atoms with E-state index < -0.39 is 35.9 Å². The lowest BCUT2D eigenvalue weighted by Gasteiger charge is -2.03. The van der Waals surface area contributed by atoms with Gasteiger partial charge >= 0.3 is 0 Å². The Labute approximate surface area is 76.8 Å². The lowest BCUT2D eigenvalue weighted by atomic mass is 10.2. The molecule has 0 aliphatic carbocycles. The fourth-order valence-corrected chi connectivity index (χ4v) is 0.877. The number of halogens is 4. The zero-order chi connectivity index (χ0) is 10.7. The van der Waals surface area contributed by atoms with Crippen LogP contribution in [0, 0.1) is 23.1 Å². The third kappa shape index (κ3) is 1.99. The lowest BCUT2D eigenvalue weighted by Crippen LogP contribution is -2.02. The van der Waals surface area contributed by atoms with E-state index in [1.54, 1.807) is 0 Å². The largest absolute Gasteiger partial charge is 0.280 e. The molecule has 0 atom stereocenters. The summed E-state index contributed by atoms with van der Waals surface area (Å²) in [5.41, 5.74) is -1.56. The highest BCUT2D eigenvalue weighted by molar-refractivity contribution is 5.21. The second kappa shape index (κ2) is 4.05. The van der Waals surface area contributed by atoms with Crippen molar-refractivity contribution < 1.29 is 17.6 Å². The number of hydrogen-bond acceptors (Lipinski definition) is 2. The molecule has 0 fully saturated rings. The predicted molar refractivity (Wildman–Crippen MR) is 38.4 cm³/mol. The molecule has 0 aliphatic heterocycles. The number of aromatic nitrogens is 1. The second-order valence-corrected chi connectivity index (χ2v) is 2.43. The predicted octanol–water partition coefficient (Wildman–Crippen LogP) is 2.36. The second-order valence-electron chi connectivity index (χ2n) is 2.43. The zero-order valence-corrected chi connectivity index (χ0v) is 6.77. The van der Waals surface area contributed by atoms with Gasteiger partial charge in [0.25, 0.3) is 6.43 Å². The minimum Gasteiger partial charge on any atom is -0.218 e. The van der Waals surface area contributed by atoms with E-state index in [9.17, 15) is 17.6 Å². The van der Waals surface area contributed by atoms with Crippen molar-refractivity contribution in [2.24, 2.45) is 0 Å². The molecule has 0 radical (unpaired) electrons. The maximum absolute atomic E-state index is 12.9. The summed E-state index contributed by atoms with van der Waals surface area (Å²) < 4.78 is 49.7. The van der Waals surface area contributed by atoms with Crippen molar-refractivity contribution in [3.8, 4) is 6.07 Å². The number of alkyl halides is 2. The SMILES string of the molecule is N#CCc1c(F)cc(C(F)F)nc1F. The maximum Gasteiger partial charge on any atom is 0.280 e. The first-order valence-corrected chi connectivity index (χ1v) is 3.56. The van der Waals surface area contributed by atoms with Crippen molar-refractivity contribution in [2.75, 3.05) is 0 Å². The van der Waals surface area contributed by atoms with Crippen LogP contribution in [0.3, 0.4) is 0 Å². The highest BCUT2D eigenvalue weighted by Gasteiger charge is 2.17. The molecule has 0 spiro atoms. The third-order valence-corrected chi connectivity index (χ3v) is 1.52. The molecular formula is C8H4F4N2. The molecule has 1 aromatic heterocycles. The smallest absolute Gasteiger partial charge is 0.218 e. The molecular weight excluding hydrogens is 200 g/mol. The summed E-state index contributed by atoms with van der Waals surface area (Å²) in [5, 5.41) is 8.19. The minimum absolute atomic E-state index is 0.431. The van der Waals surface area contributed by atoms with Gasteiger partial charge in [-0.05, 0) is 0 Å². The number of nitrogens with zero attached hydrogens (tertiary/aromatic N) is 2. The summed E-state index contributed by atoms with van der Waals surface area (Å²) >= 11 is 0. The van der Waals surface area contributed by atoms with Gasteiger partial charge in [0.1, 0.15) is 11.5 Å². The van der Waals surface area contributed by atoms with Gasteiger partial charge in [-0.25, -0.2) is 18.2 Å². The molecule has 0 saturated carbocycles. The van der Waals surface area contributed by atoms with Gasteiger partial charge in [0.2, 0.25) is 5.95 Å². The van der Waals surface area contributed by atoms with Crippen molar-refractivity contribution in [3.05, 3.63) is 29.1 Å². The molecule has 0 saturated heterocycles. The molecule has 0 aliphatic rings. The Kier molecular flexibility index (Phi) is 3.02. The molecule has 6 heteroatoms. The quantitative estimate of drug-likeness (QED) is 0.547. The topological polar surface area (TPSA) is 36.7 Å². The Bertz CT molecular complexity index is 360. The summed E-state index contributed by atoms with van der Waals surface area (Å²) in [7, 11) is 0. The summed E-state index contributed by atoms with van der Waals surface area (Å²) in [6.45, 7) is 0. The van der Waals surface area contributed by atoms with Crippen molar-refractivity contribution >= 4 is 0 Å². The summed E-state index contributed by atoms with van der Waals surface area (Å²) in [4.78, 5) is 2.84. The van der Waals surface area contributed by atoms with Crippen molar-refractivity contribution in [2.45, 2.75) is 12.8 Å². The molecule has 14 heavy (non-hydrogen) atoms. The molecule has 1 heterocycles. The van der Waals surface area contributed by atoms with Crippen LogP contribution in [0.1, 0.15) is 17.7 Å². The Balaban J connectivity index is 3.19. The van der Waals surface area contributed by atoms with Crippen LogP contribution in [0.4, 0.5) is 17.6 Å². The summed E-state index contributed by atoms with van der Waals surface area (Å²) in [5.74, 6) is -2.53. The van der Waals surface area contributed by atoms with Gasteiger partial charge in [0, 0.05) is 6.07 Å². The standard InChI is InChI=1S/C8H4F4N2/c9-5-3-6(7(10)11)14-8(12)4(5)1-2-13/h3,7H,1H2. The number of hydrogen-bond donors (Lipinski definition) is 0. The van der Waals surface area contributed by atoms with Crippen LogP contribution in [-0.4, -0.2) is 4.98 Å². The summed E-state index contributed by atoms with van der Waals surface area (Å²) in [6.07, 6.45) is -3.57. The highest BCUT2D eigenvalue weighted by atomic mass is 19.3. The van der Waals surface area contributed by atoms with Crippen LogP contribution >= 0.6 is 0 Å². The highest BCUT2D eigenvalue weighted by Crippen LogP contribution is 2.20. The van der Waals surface area contributed by atoms with E-state index in [1.165, 1.54) is 6.07 Å². The van der Waals surface area contributed by atoms with E-state index in [4.69, 9.17) is 5.26 Å². The fraction of sp³-hybridized carbons (Fsp3) is 0.250. The average Bonchev–Trinajstić information content (AvgIpc) is 2.10. The minimum atomic E-state index is -3.03. The van der Waals surface area contributed by atoms with Gasteiger partial charge < -0.3 is 0 Å². The number of rotatable bonds is 2. The number of pyridine rings is 1. The third-order valence-electron chi connectivity index (χ3n) is 1.52. The van der Waals surface area contributed by atoms with Gasteiger partial charge in [-0.2, -0.15) is 9.65 Å². The van der Waals surface area contributed by atoms with E-state index in [2.05, 4.69) is 4.98 Å². The van der Waals surface area contributed by atoms with Crippen molar-refractivity contribution in [3.63, 3.8) is 0 Å². The monoisotopic (exact) mass is 204 g/mol. The van der Waals surface area contributed by atoms with E-state index in [0.717, 1.165) is 0 Å². The first-order valence-electron chi connectivity index (χ1n) is 3.56. The Morgan fingerprint density at radius 3 is 2.50 bits per heavy atom. The molecule has 1 aromatic rings. The molecule has 0 unspecified atom stereocenters. The fourth-order valence-electron chi connectivity index (χ4n) is 0.877. The van der Waals surface area contributed by atoms with Crippen LogP contribution in [0.5, 0.6) is 0 Å². The molecule has 74 valence electrons. The van der Waals surface area contributed by atoms with Gasteiger partial charge in [-0.15, -0.1) is 0 Å². The zero-order valence-electron chi connectivity index (χ0n) is 6.77. The molecule has 0 aromatic carbocycles. The van der Waals surface area contributed by atoms with Crippen LogP contribution in [0.25, 0.3) is 0 Å². The van der Waals surface area contributed by atoms with Crippen LogP contribution < -0.4 is 0 Å². The van der Waals surface area contributed by atoms with Crippen molar-refractivity contribution in [1.29, 1.82) is 5.26 Å². The van der Waals surface area contributed by atoms with Gasteiger partial charge in [0.15, 0.2) is 0 Å². The van der Waals surface area contributed by atoms with Gasteiger partial charge in [-0.3, -0.25) is 0 Å². The van der Waals surface area contributed by atoms with E-state index in [1.807, 2.05) is 0 Å². The molecule has 1 rings (SSSR count). The van der Waals surface area contributed by atoms with Crippen molar-refractivity contribution in [1.82, 2.24) is 4.98 Å². The molecule has 0 amide bonds. The Morgan fingerprint density at radius 1 is 1.43 bits per heavy atom. The van der Waals surface area contributed by atoms with E-state index >= 15 is 0 Å². The lowest BCUT2D eigenvalue weighted by molar-refractivity contribution is 0.144. The number of nitriles is 1. The van der Waals surface area contributed by atoms with Crippen LogP contribution in [-0.2, 0) is 6.42 Å². The first-order chi connectivity index (χ1) is 6.56. The van der Waals surface area contributed by atoms with Gasteiger partial charge in [0.05, 0.1) is 18.1 Å². The van der Waals surface area contributed by atoms with E-state index in [0.29, 0.717) is 6.07 Å². The average molecular weight is 204 g/mol. The van der Waals surface area contributed by atoms with Crippen LogP contribution in [0.15, 0.2) is 6.07 Å².